The Labute approximate surface area is 219 Å². The first-order valence-electron chi connectivity index (χ1n) is 11.9. The summed E-state index contributed by atoms with van der Waals surface area (Å²) in [4.78, 5) is 28.5. The molecular weight excluding hydrogens is 490 g/mol. The highest BCUT2D eigenvalue weighted by molar-refractivity contribution is 6.51. The van der Waals surface area contributed by atoms with Gasteiger partial charge in [0.15, 0.2) is 23.0 Å². The van der Waals surface area contributed by atoms with Crippen molar-refractivity contribution in [2.75, 3.05) is 33.0 Å². The van der Waals surface area contributed by atoms with Crippen molar-refractivity contribution < 1.29 is 38.4 Å². The van der Waals surface area contributed by atoms with E-state index in [0.29, 0.717) is 45.6 Å². The molecule has 0 spiro atoms. The number of rotatable bonds is 6. The smallest absolute Gasteiger partial charge is 0.300 e. The van der Waals surface area contributed by atoms with E-state index in [1.54, 1.807) is 42.5 Å². The van der Waals surface area contributed by atoms with Crippen LogP contribution < -0.4 is 28.6 Å². The summed E-state index contributed by atoms with van der Waals surface area (Å²) in [5, 5.41) is 11.6. The third-order valence-corrected chi connectivity index (χ3v) is 6.68. The molecule has 5 rings (SSSR count). The molecular formula is C29H27NO8. The van der Waals surface area contributed by atoms with Gasteiger partial charge in [0.2, 0.25) is 6.79 Å². The van der Waals surface area contributed by atoms with Crippen molar-refractivity contribution in [3.8, 4) is 28.7 Å². The molecule has 0 saturated carbocycles. The standard InChI is InChI=1S/C29H27NO8/c1-15-10-16(2)28(36-5)19(11-15)26(31)24-25(17-6-8-20(34-3)22(12-17)35-4)30(29(33)27(24)32)18-7-9-21-23(13-18)38-14-37-21/h6-13,25,31H,14H2,1-5H3/b26-24+. The van der Waals surface area contributed by atoms with E-state index in [1.807, 2.05) is 19.9 Å². The molecule has 1 amide bonds. The van der Waals surface area contributed by atoms with Gasteiger partial charge in [0.25, 0.3) is 11.7 Å². The average Bonchev–Trinajstić information content (AvgIpc) is 3.49. The van der Waals surface area contributed by atoms with Crippen molar-refractivity contribution in [1.29, 1.82) is 0 Å². The first-order valence-corrected chi connectivity index (χ1v) is 11.9. The van der Waals surface area contributed by atoms with Crippen LogP contribution in [0.4, 0.5) is 5.69 Å². The Kier molecular flexibility index (Phi) is 6.36. The number of anilines is 1. The first-order chi connectivity index (χ1) is 18.3. The lowest BCUT2D eigenvalue weighted by Gasteiger charge is -2.26. The van der Waals surface area contributed by atoms with Crippen LogP contribution in [0.25, 0.3) is 5.76 Å². The molecule has 0 aliphatic carbocycles. The summed E-state index contributed by atoms with van der Waals surface area (Å²) in [5.41, 5.74) is 2.81. The van der Waals surface area contributed by atoms with Gasteiger partial charge in [0.05, 0.1) is 38.5 Å². The molecule has 1 saturated heterocycles. The number of carbonyl (C=O) groups excluding carboxylic acids is 2. The van der Waals surface area contributed by atoms with Gasteiger partial charge in [-0.05, 0) is 60.9 Å². The summed E-state index contributed by atoms with van der Waals surface area (Å²) in [5.74, 6) is 0.315. The Morgan fingerprint density at radius 3 is 2.34 bits per heavy atom. The van der Waals surface area contributed by atoms with E-state index in [9.17, 15) is 14.7 Å². The van der Waals surface area contributed by atoms with Gasteiger partial charge < -0.3 is 28.8 Å². The fourth-order valence-corrected chi connectivity index (χ4v) is 5.02. The third-order valence-electron chi connectivity index (χ3n) is 6.68. The van der Waals surface area contributed by atoms with Gasteiger partial charge >= 0.3 is 0 Å². The zero-order chi connectivity index (χ0) is 27.1. The Balaban J connectivity index is 1.77. The van der Waals surface area contributed by atoms with Crippen LogP contribution in [0.15, 0.2) is 54.1 Å². The fourth-order valence-electron chi connectivity index (χ4n) is 5.02. The molecule has 2 aliphatic rings. The maximum absolute atomic E-state index is 13.6. The largest absolute Gasteiger partial charge is 0.507 e. The number of hydrogen-bond acceptors (Lipinski definition) is 8. The number of ketones is 1. The minimum Gasteiger partial charge on any atom is -0.507 e. The van der Waals surface area contributed by atoms with Crippen LogP contribution in [0.5, 0.6) is 28.7 Å². The molecule has 1 atom stereocenters. The molecule has 1 fully saturated rings. The molecule has 9 heteroatoms. The van der Waals surface area contributed by atoms with Gasteiger partial charge in [-0.25, -0.2) is 0 Å². The summed E-state index contributed by atoms with van der Waals surface area (Å²) in [7, 11) is 4.50. The number of aliphatic hydroxyl groups excluding tert-OH is 1. The predicted octanol–water partition coefficient (Wildman–Crippen LogP) is 4.68. The van der Waals surface area contributed by atoms with Gasteiger partial charge in [-0.15, -0.1) is 0 Å². The number of hydrogen-bond donors (Lipinski definition) is 1. The van der Waals surface area contributed by atoms with E-state index in [1.165, 1.54) is 26.2 Å². The van der Waals surface area contributed by atoms with Crippen molar-refractivity contribution in [2.45, 2.75) is 19.9 Å². The Bertz CT molecular complexity index is 1490. The second kappa shape index (κ2) is 9.66. The summed E-state index contributed by atoms with van der Waals surface area (Å²) < 4.78 is 27.4. The van der Waals surface area contributed by atoms with Crippen LogP contribution in [-0.2, 0) is 9.59 Å². The number of Topliss-reactive ketones (excluding diaryl/α,β-unsaturated/α-hetero) is 1. The number of fused-ring (bicyclic) bond motifs is 1. The van der Waals surface area contributed by atoms with Crippen LogP contribution in [0.2, 0.25) is 0 Å². The normalized spacial score (nSPS) is 17.6. The molecule has 9 nitrogen and oxygen atoms in total. The SMILES string of the molecule is COc1ccc(C2/C(=C(\O)c3cc(C)cc(C)c3OC)C(=O)C(=O)N2c2ccc3c(c2)OCO3)cc1OC. The highest BCUT2D eigenvalue weighted by Gasteiger charge is 2.47. The zero-order valence-electron chi connectivity index (χ0n) is 21.7. The van der Waals surface area contributed by atoms with Crippen molar-refractivity contribution in [1.82, 2.24) is 0 Å². The number of nitrogens with zero attached hydrogens (tertiary/aromatic N) is 1. The minimum atomic E-state index is -0.985. The number of benzene rings is 3. The lowest BCUT2D eigenvalue weighted by molar-refractivity contribution is -0.132. The lowest BCUT2D eigenvalue weighted by atomic mass is 9.93. The Morgan fingerprint density at radius 1 is 0.895 bits per heavy atom. The van der Waals surface area contributed by atoms with Crippen LogP contribution >= 0.6 is 0 Å². The second-order valence-corrected chi connectivity index (χ2v) is 8.98. The summed E-state index contributed by atoms with van der Waals surface area (Å²) >= 11 is 0. The van der Waals surface area contributed by atoms with Gasteiger partial charge in [0, 0.05) is 11.8 Å². The van der Waals surface area contributed by atoms with Crippen molar-refractivity contribution in [2.24, 2.45) is 0 Å². The summed E-state index contributed by atoms with van der Waals surface area (Å²) in [6.45, 7) is 3.78. The fraction of sp³-hybridized carbons (Fsp3) is 0.241. The molecule has 1 N–H and O–H groups in total. The van der Waals surface area contributed by atoms with E-state index >= 15 is 0 Å². The zero-order valence-corrected chi connectivity index (χ0v) is 21.7. The van der Waals surface area contributed by atoms with E-state index in [2.05, 4.69) is 0 Å². The van der Waals surface area contributed by atoms with E-state index < -0.39 is 17.7 Å². The molecule has 3 aromatic carbocycles. The molecule has 196 valence electrons. The van der Waals surface area contributed by atoms with Crippen molar-refractivity contribution >= 4 is 23.1 Å². The Morgan fingerprint density at radius 2 is 1.63 bits per heavy atom. The quantitative estimate of drug-likeness (QED) is 0.286. The summed E-state index contributed by atoms with van der Waals surface area (Å²) in [6, 6.07) is 12.7. The number of ether oxygens (including phenoxy) is 5. The molecule has 0 bridgehead atoms. The number of carbonyl (C=O) groups is 2. The van der Waals surface area contributed by atoms with E-state index in [4.69, 9.17) is 23.7 Å². The monoisotopic (exact) mass is 517 g/mol. The highest BCUT2D eigenvalue weighted by Crippen LogP contribution is 2.47. The average molecular weight is 518 g/mol. The minimum absolute atomic E-state index is 0.0587. The van der Waals surface area contributed by atoms with Crippen molar-refractivity contribution in [3.05, 3.63) is 76.4 Å². The summed E-state index contributed by atoms with van der Waals surface area (Å²) in [6.07, 6.45) is 0. The van der Waals surface area contributed by atoms with Crippen LogP contribution in [-0.4, -0.2) is 44.9 Å². The molecule has 38 heavy (non-hydrogen) atoms. The molecule has 3 aromatic rings. The predicted molar refractivity (Wildman–Crippen MR) is 139 cm³/mol. The first kappa shape index (κ1) is 25.0. The number of aryl methyl sites for hydroxylation is 2. The number of aliphatic hydroxyl groups is 1. The van der Waals surface area contributed by atoms with Crippen LogP contribution in [0.3, 0.4) is 0 Å². The molecule has 0 radical (unpaired) electrons. The Hall–Kier alpha value is -4.66. The van der Waals surface area contributed by atoms with Gasteiger partial charge in [-0.3, -0.25) is 14.5 Å². The van der Waals surface area contributed by atoms with E-state index in [-0.39, 0.29) is 18.1 Å². The van der Waals surface area contributed by atoms with E-state index in [0.717, 1.165) is 11.1 Å². The van der Waals surface area contributed by atoms with Crippen LogP contribution in [0, 0.1) is 13.8 Å². The maximum Gasteiger partial charge on any atom is 0.300 e. The molecule has 2 aliphatic heterocycles. The van der Waals surface area contributed by atoms with Crippen molar-refractivity contribution in [3.63, 3.8) is 0 Å². The van der Waals surface area contributed by atoms with Gasteiger partial charge in [-0.2, -0.15) is 0 Å². The van der Waals surface area contributed by atoms with Gasteiger partial charge in [0.1, 0.15) is 11.5 Å². The maximum atomic E-state index is 13.6. The van der Waals surface area contributed by atoms with Crippen LogP contribution in [0.1, 0.15) is 28.3 Å². The van der Waals surface area contributed by atoms with Gasteiger partial charge in [-0.1, -0.05) is 12.1 Å². The highest BCUT2D eigenvalue weighted by atomic mass is 16.7. The molecule has 0 aromatic heterocycles. The molecule has 2 heterocycles. The number of amides is 1. The third kappa shape index (κ3) is 3.96. The number of methoxy groups -OCH3 is 3. The second-order valence-electron chi connectivity index (χ2n) is 8.98. The lowest BCUT2D eigenvalue weighted by Crippen LogP contribution is -2.29. The molecule has 1 unspecified atom stereocenters. The topological polar surface area (TPSA) is 104 Å².